The Kier molecular flexibility index (Phi) is 3.04. The van der Waals surface area contributed by atoms with Crippen molar-refractivity contribution < 1.29 is 9.13 Å². The first kappa shape index (κ1) is 10.2. The van der Waals surface area contributed by atoms with E-state index in [-0.39, 0.29) is 11.4 Å². The van der Waals surface area contributed by atoms with E-state index in [9.17, 15) is 4.39 Å². The van der Waals surface area contributed by atoms with E-state index in [1.54, 1.807) is 12.1 Å². The summed E-state index contributed by atoms with van der Waals surface area (Å²) in [4.78, 5) is 0. The highest BCUT2D eigenvalue weighted by Crippen LogP contribution is 2.13. The molecule has 1 nitrogen and oxygen atoms in total. The van der Waals surface area contributed by atoms with E-state index in [1.807, 2.05) is 26.8 Å². The molecule has 0 aromatic heterocycles. The molecule has 0 fully saturated rings. The average Bonchev–Trinajstić information content (AvgIpc) is 2.01. The summed E-state index contributed by atoms with van der Waals surface area (Å²) in [7, 11) is 0. The topological polar surface area (TPSA) is 9.23 Å². The fourth-order valence-electron chi connectivity index (χ4n) is 0.910. The summed E-state index contributed by atoms with van der Waals surface area (Å²) in [6, 6.07) is 6.67. The van der Waals surface area contributed by atoms with Gasteiger partial charge in [-0.05, 0) is 26.8 Å². The molecule has 2 heteroatoms. The lowest BCUT2D eigenvalue weighted by molar-refractivity contribution is -0.0161. The molecule has 0 amide bonds. The van der Waals surface area contributed by atoms with Crippen LogP contribution < -0.4 is 0 Å². The smallest absolute Gasteiger partial charge is 0.128 e. The van der Waals surface area contributed by atoms with Crippen LogP contribution in [0.25, 0.3) is 0 Å². The molecule has 0 spiro atoms. The van der Waals surface area contributed by atoms with Gasteiger partial charge in [0, 0.05) is 5.56 Å². The molecule has 0 heterocycles. The van der Waals surface area contributed by atoms with Gasteiger partial charge in [0.05, 0.1) is 12.2 Å². The fraction of sp³-hybridized carbons (Fsp3) is 0.455. The Labute approximate surface area is 78.5 Å². The van der Waals surface area contributed by atoms with Gasteiger partial charge in [-0.3, -0.25) is 0 Å². The van der Waals surface area contributed by atoms with Gasteiger partial charge in [0.1, 0.15) is 5.82 Å². The number of ether oxygens (including phenoxy) is 1. The first-order valence-corrected chi connectivity index (χ1v) is 4.36. The van der Waals surface area contributed by atoms with E-state index in [2.05, 4.69) is 0 Å². The minimum atomic E-state index is -0.220. The van der Waals surface area contributed by atoms with E-state index in [1.165, 1.54) is 6.07 Å². The Morgan fingerprint density at radius 2 is 1.85 bits per heavy atom. The van der Waals surface area contributed by atoms with Crippen molar-refractivity contribution in [3.05, 3.63) is 35.6 Å². The molecule has 0 N–H and O–H groups in total. The molecular weight excluding hydrogens is 167 g/mol. The van der Waals surface area contributed by atoms with Crippen LogP contribution in [0.3, 0.4) is 0 Å². The third kappa shape index (κ3) is 3.55. The van der Waals surface area contributed by atoms with Crippen LogP contribution in [0.1, 0.15) is 26.3 Å². The van der Waals surface area contributed by atoms with Crippen molar-refractivity contribution in [1.82, 2.24) is 0 Å². The lowest BCUT2D eigenvalue weighted by atomic mass is 10.2. The van der Waals surface area contributed by atoms with Gasteiger partial charge >= 0.3 is 0 Å². The van der Waals surface area contributed by atoms with E-state index >= 15 is 0 Å². The molecule has 72 valence electrons. The van der Waals surface area contributed by atoms with E-state index in [0.29, 0.717) is 12.2 Å². The van der Waals surface area contributed by atoms with Gasteiger partial charge in [0.25, 0.3) is 0 Å². The molecule has 0 bridgehead atoms. The van der Waals surface area contributed by atoms with Crippen LogP contribution in [-0.4, -0.2) is 5.60 Å². The van der Waals surface area contributed by atoms with Crippen LogP contribution >= 0.6 is 0 Å². The Hall–Kier alpha value is -0.890. The van der Waals surface area contributed by atoms with Crippen LogP contribution in [0.5, 0.6) is 0 Å². The molecule has 13 heavy (non-hydrogen) atoms. The molecule has 0 unspecified atom stereocenters. The summed E-state index contributed by atoms with van der Waals surface area (Å²) in [5.74, 6) is -0.202. The van der Waals surface area contributed by atoms with Crippen molar-refractivity contribution in [3.63, 3.8) is 0 Å². The van der Waals surface area contributed by atoms with Crippen molar-refractivity contribution in [2.75, 3.05) is 0 Å². The van der Waals surface area contributed by atoms with E-state index in [0.717, 1.165) is 0 Å². The normalized spacial score (nSPS) is 11.7. The quantitative estimate of drug-likeness (QED) is 0.682. The average molecular weight is 182 g/mol. The van der Waals surface area contributed by atoms with Crippen LogP contribution in [0.2, 0.25) is 0 Å². The summed E-state index contributed by atoms with van der Waals surface area (Å²) in [6.45, 7) is 6.19. The highest BCUT2D eigenvalue weighted by atomic mass is 19.1. The minimum Gasteiger partial charge on any atom is -0.371 e. The second-order valence-electron chi connectivity index (χ2n) is 3.99. The molecule has 0 atom stereocenters. The van der Waals surface area contributed by atoms with Crippen molar-refractivity contribution in [2.24, 2.45) is 0 Å². The van der Waals surface area contributed by atoms with E-state index < -0.39 is 0 Å². The first-order valence-electron chi connectivity index (χ1n) is 4.36. The maximum atomic E-state index is 13.1. The van der Waals surface area contributed by atoms with Gasteiger partial charge in [-0.25, -0.2) is 4.39 Å². The largest absolute Gasteiger partial charge is 0.371 e. The number of hydrogen-bond donors (Lipinski definition) is 0. The number of rotatable bonds is 2. The Balaban J connectivity index is 2.60. The standard InChI is InChI=1S/C11H15FO/c1-11(2,3)13-8-9-6-4-5-7-10(9)12/h4-7H,8H2,1-3H3. The zero-order valence-corrected chi connectivity index (χ0v) is 8.30. The second kappa shape index (κ2) is 3.88. The van der Waals surface area contributed by atoms with Gasteiger partial charge in [0.15, 0.2) is 0 Å². The molecule has 0 aliphatic carbocycles. The number of hydrogen-bond acceptors (Lipinski definition) is 1. The molecule has 0 saturated carbocycles. The molecule has 0 radical (unpaired) electrons. The Morgan fingerprint density at radius 3 is 2.38 bits per heavy atom. The Bertz CT molecular complexity index is 276. The van der Waals surface area contributed by atoms with Crippen molar-refractivity contribution in [2.45, 2.75) is 33.0 Å². The summed E-state index contributed by atoms with van der Waals surface area (Å²) >= 11 is 0. The number of benzene rings is 1. The van der Waals surface area contributed by atoms with Crippen LogP contribution in [0.15, 0.2) is 24.3 Å². The SMILES string of the molecule is CC(C)(C)OCc1ccccc1F. The maximum absolute atomic E-state index is 13.1. The van der Waals surface area contributed by atoms with E-state index in [4.69, 9.17) is 4.74 Å². The zero-order chi connectivity index (χ0) is 9.90. The van der Waals surface area contributed by atoms with Crippen molar-refractivity contribution in [1.29, 1.82) is 0 Å². The summed E-state index contributed by atoms with van der Waals surface area (Å²) < 4.78 is 18.5. The van der Waals surface area contributed by atoms with Crippen LogP contribution in [-0.2, 0) is 11.3 Å². The molecule has 0 saturated heterocycles. The van der Waals surface area contributed by atoms with Gasteiger partial charge < -0.3 is 4.74 Å². The molecule has 1 rings (SSSR count). The van der Waals surface area contributed by atoms with Crippen molar-refractivity contribution >= 4 is 0 Å². The van der Waals surface area contributed by atoms with Crippen LogP contribution in [0, 0.1) is 5.82 Å². The monoisotopic (exact) mass is 182 g/mol. The summed E-state index contributed by atoms with van der Waals surface area (Å²) in [5.41, 5.74) is 0.389. The maximum Gasteiger partial charge on any atom is 0.128 e. The van der Waals surface area contributed by atoms with Crippen LogP contribution in [0.4, 0.5) is 4.39 Å². The van der Waals surface area contributed by atoms with Crippen molar-refractivity contribution in [3.8, 4) is 0 Å². The predicted octanol–water partition coefficient (Wildman–Crippen LogP) is 3.14. The fourth-order valence-corrected chi connectivity index (χ4v) is 0.910. The van der Waals surface area contributed by atoms with Gasteiger partial charge in [-0.2, -0.15) is 0 Å². The predicted molar refractivity (Wildman–Crippen MR) is 50.9 cm³/mol. The zero-order valence-electron chi connectivity index (χ0n) is 8.30. The summed E-state index contributed by atoms with van der Waals surface area (Å²) in [5, 5.41) is 0. The highest BCUT2D eigenvalue weighted by Gasteiger charge is 2.11. The molecule has 1 aromatic carbocycles. The third-order valence-corrected chi connectivity index (χ3v) is 1.62. The van der Waals surface area contributed by atoms with Gasteiger partial charge in [0.2, 0.25) is 0 Å². The molecule has 1 aromatic rings. The summed E-state index contributed by atoms with van der Waals surface area (Å²) in [6.07, 6.45) is 0. The number of halogens is 1. The van der Waals surface area contributed by atoms with Gasteiger partial charge in [-0.15, -0.1) is 0 Å². The Morgan fingerprint density at radius 1 is 1.23 bits per heavy atom. The lowest BCUT2D eigenvalue weighted by Crippen LogP contribution is -2.19. The molecule has 0 aliphatic rings. The first-order chi connectivity index (χ1) is 5.99. The second-order valence-corrected chi connectivity index (χ2v) is 3.99. The molecule has 0 aliphatic heterocycles. The highest BCUT2D eigenvalue weighted by molar-refractivity contribution is 5.16. The van der Waals surface area contributed by atoms with Gasteiger partial charge in [-0.1, -0.05) is 18.2 Å². The lowest BCUT2D eigenvalue weighted by Gasteiger charge is -2.19. The minimum absolute atomic E-state index is 0.202. The third-order valence-electron chi connectivity index (χ3n) is 1.62. The molecular formula is C11H15FO.